The van der Waals surface area contributed by atoms with Crippen molar-refractivity contribution in [1.82, 2.24) is 0 Å². The molecule has 0 amide bonds. The Kier molecular flexibility index (Phi) is 2.69. The molecule has 0 aromatic heterocycles. The Bertz CT molecular complexity index is 367. The summed E-state index contributed by atoms with van der Waals surface area (Å²) < 4.78 is 13.5. The molecular weight excluding hydrogens is 199 g/mol. The zero-order chi connectivity index (χ0) is 9.97. The lowest BCUT2D eigenvalue weighted by atomic mass is 9.93. The standard InChI is InChI=1S/C12H10ClF/c13-10-6-7-11(12(14)8-10)9-4-2-1-3-5-9/h1-8,10-11H. The maximum Gasteiger partial charge on any atom is 0.109 e. The second-order valence-corrected chi connectivity index (χ2v) is 3.77. The van der Waals surface area contributed by atoms with Gasteiger partial charge in [0.1, 0.15) is 5.83 Å². The zero-order valence-corrected chi connectivity index (χ0v) is 8.29. The molecule has 0 heterocycles. The van der Waals surface area contributed by atoms with Crippen LogP contribution in [0.5, 0.6) is 0 Å². The monoisotopic (exact) mass is 208 g/mol. The van der Waals surface area contributed by atoms with E-state index in [-0.39, 0.29) is 17.1 Å². The Morgan fingerprint density at radius 1 is 1.07 bits per heavy atom. The first-order chi connectivity index (χ1) is 6.77. The second kappa shape index (κ2) is 3.97. The lowest BCUT2D eigenvalue weighted by molar-refractivity contribution is 0.576. The van der Waals surface area contributed by atoms with Crippen LogP contribution in [0, 0.1) is 0 Å². The highest BCUT2D eigenvalue weighted by Gasteiger charge is 2.18. The van der Waals surface area contributed by atoms with Gasteiger partial charge in [0.2, 0.25) is 0 Å². The molecule has 0 radical (unpaired) electrons. The minimum atomic E-state index is -0.310. The summed E-state index contributed by atoms with van der Waals surface area (Å²) in [4.78, 5) is 0. The minimum absolute atomic E-state index is 0.168. The summed E-state index contributed by atoms with van der Waals surface area (Å²) in [6.45, 7) is 0. The summed E-state index contributed by atoms with van der Waals surface area (Å²) in [5.74, 6) is -0.426. The van der Waals surface area contributed by atoms with Crippen LogP contribution in [0.1, 0.15) is 11.5 Å². The third-order valence-corrected chi connectivity index (χ3v) is 2.53. The Morgan fingerprint density at radius 3 is 2.43 bits per heavy atom. The molecule has 1 aliphatic rings. The quantitative estimate of drug-likeness (QED) is 0.487. The average molecular weight is 209 g/mol. The van der Waals surface area contributed by atoms with Gasteiger partial charge in [-0.3, -0.25) is 0 Å². The average Bonchev–Trinajstić information content (AvgIpc) is 2.19. The molecule has 1 aromatic carbocycles. The van der Waals surface area contributed by atoms with Gasteiger partial charge in [-0.1, -0.05) is 42.5 Å². The van der Waals surface area contributed by atoms with Crippen LogP contribution in [0.3, 0.4) is 0 Å². The molecule has 0 nitrogen and oxygen atoms in total. The topological polar surface area (TPSA) is 0 Å². The highest BCUT2D eigenvalue weighted by molar-refractivity contribution is 6.23. The first kappa shape index (κ1) is 9.47. The number of allylic oxidation sites excluding steroid dienone is 4. The van der Waals surface area contributed by atoms with Crippen LogP contribution < -0.4 is 0 Å². The molecule has 0 aliphatic heterocycles. The predicted octanol–water partition coefficient (Wildman–Crippen LogP) is 3.80. The number of halogens is 2. The third kappa shape index (κ3) is 1.88. The van der Waals surface area contributed by atoms with Gasteiger partial charge in [-0.05, 0) is 11.6 Å². The Morgan fingerprint density at radius 2 is 1.79 bits per heavy atom. The highest BCUT2D eigenvalue weighted by atomic mass is 35.5. The van der Waals surface area contributed by atoms with Crippen molar-refractivity contribution in [3.8, 4) is 0 Å². The summed E-state index contributed by atoms with van der Waals surface area (Å²) in [7, 11) is 0. The minimum Gasteiger partial charge on any atom is -0.211 e. The van der Waals surface area contributed by atoms with Gasteiger partial charge in [-0.25, -0.2) is 4.39 Å². The third-order valence-electron chi connectivity index (χ3n) is 2.26. The van der Waals surface area contributed by atoms with Crippen LogP contribution in [0.15, 0.2) is 54.4 Å². The smallest absolute Gasteiger partial charge is 0.109 e. The molecule has 0 fully saturated rings. The van der Waals surface area contributed by atoms with E-state index in [9.17, 15) is 4.39 Å². The number of hydrogen-bond acceptors (Lipinski definition) is 0. The normalized spacial score (nSPS) is 26.0. The van der Waals surface area contributed by atoms with Crippen LogP contribution in [0.4, 0.5) is 4.39 Å². The van der Waals surface area contributed by atoms with Crippen molar-refractivity contribution in [1.29, 1.82) is 0 Å². The zero-order valence-electron chi connectivity index (χ0n) is 7.53. The maximum atomic E-state index is 13.5. The van der Waals surface area contributed by atoms with E-state index in [1.165, 1.54) is 6.08 Å². The van der Waals surface area contributed by atoms with E-state index in [0.29, 0.717) is 0 Å². The SMILES string of the molecule is FC1=CC(Cl)C=CC1c1ccccc1. The number of rotatable bonds is 1. The first-order valence-electron chi connectivity index (χ1n) is 4.52. The second-order valence-electron chi connectivity index (χ2n) is 3.27. The van der Waals surface area contributed by atoms with Gasteiger partial charge in [0.15, 0.2) is 0 Å². The van der Waals surface area contributed by atoms with Crippen LogP contribution in [-0.2, 0) is 0 Å². The number of benzene rings is 1. The van der Waals surface area contributed by atoms with Crippen LogP contribution in [0.25, 0.3) is 0 Å². The lowest BCUT2D eigenvalue weighted by Crippen LogP contribution is -2.04. The van der Waals surface area contributed by atoms with Crippen molar-refractivity contribution in [3.05, 3.63) is 60.0 Å². The van der Waals surface area contributed by atoms with Crippen LogP contribution in [-0.4, -0.2) is 5.38 Å². The van der Waals surface area contributed by atoms with Crippen molar-refractivity contribution < 1.29 is 4.39 Å². The molecule has 2 unspecified atom stereocenters. The fourth-order valence-electron chi connectivity index (χ4n) is 1.55. The molecule has 14 heavy (non-hydrogen) atoms. The summed E-state index contributed by atoms with van der Waals surface area (Å²) >= 11 is 5.76. The Hall–Kier alpha value is -1.08. The molecule has 0 spiro atoms. The van der Waals surface area contributed by atoms with E-state index in [2.05, 4.69) is 0 Å². The summed E-state index contributed by atoms with van der Waals surface area (Å²) in [5.41, 5.74) is 0.959. The van der Waals surface area contributed by atoms with Crippen molar-refractivity contribution in [2.45, 2.75) is 11.3 Å². The Balaban J connectivity index is 2.29. The van der Waals surface area contributed by atoms with E-state index >= 15 is 0 Å². The number of alkyl halides is 1. The summed E-state index contributed by atoms with van der Waals surface area (Å²) in [5, 5.41) is -0.310. The molecule has 2 atom stereocenters. The lowest BCUT2D eigenvalue weighted by Gasteiger charge is -2.16. The highest BCUT2D eigenvalue weighted by Crippen LogP contribution is 2.31. The summed E-state index contributed by atoms with van der Waals surface area (Å²) in [6.07, 6.45) is 5.06. The molecule has 2 rings (SSSR count). The van der Waals surface area contributed by atoms with Crippen LogP contribution >= 0.6 is 11.6 Å². The van der Waals surface area contributed by atoms with E-state index in [4.69, 9.17) is 11.6 Å². The van der Waals surface area contributed by atoms with Gasteiger partial charge >= 0.3 is 0 Å². The maximum absolute atomic E-state index is 13.5. The van der Waals surface area contributed by atoms with Gasteiger partial charge < -0.3 is 0 Å². The molecule has 0 saturated heterocycles. The fraction of sp³-hybridized carbons (Fsp3) is 0.167. The molecule has 1 aliphatic carbocycles. The van der Waals surface area contributed by atoms with Crippen molar-refractivity contribution in [2.75, 3.05) is 0 Å². The van der Waals surface area contributed by atoms with Gasteiger partial charge in [0, 0.05) is 0 Å². The molecule has 0 bridgehead atoms. The van der Waals surface area contributed by atoms with Gasteiger partial charge in [-0.15, -0.1) is 11.6 Å². The predicted molar refractivity (Wildman–Crippen MR) is 57.2 cm³/mol. The van der Waals surface area contributed by atoms with E-state index in [0.717, 1.165) is 5.56 Å². The summed E-state index contributed by atoms with van der Waals surface area (Å²) in [6, 6.07) is 9.56. The number of hydrogen-bond donors (Lipinski definition) is 0. The van der Waals surface area contributed by atoms with Gasteiger partial charge in [0.05, 0.1) is 11.3 Å². The first-order valence-corrected chi connectivity index (χ1v) is 4.95. The molecular formula is C12H10ClF. The molecule has 72 valence electrons. The largest absolute Gasteiger partial charge is 0.211 e. The fourth-order valence-corrected chi connectivity index (χ4v) is 1.76. The van der Waals surface area contributed by atoms with Crippen molar-refractivity contribution in [2.24, 2.45) is 0 Å². The Labute approximate surface area is 87.7 Å². The van der Waals surface area contributed by atoms with Crippen molar-refractivity contribution >= 4 is 11.6 Å². The molecule has 1 aromatic rings. The van der Waals surface area contributed by atoms with Crippen molar-refractivity contribution in [3.63, 3.8) is 0 Å². The van der Waals surface area contributed by atoms with Gasteiger partial charge in [-0.2, -0.15) is 0 Å². The molecule has 0 N–H and O–H groups in total. The van der Waals surface area contributed by atoms with E-state index in [1.807, 2.05) is 42.5 Å². The van der Waals surface area contributed by atoms with Gasteiger partial charge in [0.25, 0.3) is 0 Å². The molecule has 0 saturated carbocycles. The molecule has 2 heteroatoms. The van der Waals surface area contributed by atoms with Crippen LogP contribution in [0.2, 0.25) is 0 Å². The van der Waals surface area contributed by atoms with E-state index < -0.39 is 0 Å². The van der Waals surface area contributed by atoms with E-state index in [1.54, 1.807) is 0 Å².